The number of hydrogen-bond acceptors (Lipinski definition) is 6. The first-order valence-corrected chi connectivity index (χ1v) is 15.2. The van der Waals surface area contributed by atoms with Crippen LogP contribution in [0, 0.1) is 0 Å². The van der Waals surface area contributed by atoms with E-state index >= 15 is 0 Å². The number of halogens is 4. The van der Waals surface area contributed by atoms with Crippen LogP contribution in [0.25, 0.3) is 0 Å². The third kappa shape index (κ3) is 12.4. The van der Waals surface area contributed by atoms with Crippen molar-refractivity contribution in [1.29, 1.82) is 0 Å². The molecule has 3 aromatic carbocycles. The lowest BCUT2D eigenvalue weighted by Gasteiger charge is -2.22. The van der Waals surface area contributed by atoms with Crippen molar-refractivity contribution in [3.63, 3.8) is 0 Å². The van der Waals surface area contributed by atoms with Gasteiger partial charge in [-0.05, 0) is 79.4 Å². The normalized spacial score (nSPS) is 11.7. The maximum absolute atomic E-state index is 13.1. The molecule has 0 aromatic heterocycles. The second-order valence-electron chi connectivity index (χ2n) is 9.45. The Kier molecular flexibility index (Phi) is 14.7. The highest BCUT2D eigenvalue weighted by Gasteiger charge is 2.19. The van der Waals surface area contributed by atoms with Gasteiger partial charge in [0.15, 0.2) is 11.9 Å². The van der Waals surface area contributed by atoms with Gasteiger partial charge in [-0.3, -0.25) is 0 Å². The molecule has 0 aliphatic heterocycles. The molecule has 43 heavy (non-hydrogen) atoms. The van der Waals surface area contributed by atoms with Gasteiger partial charge in [0.1, 0.15) is 12.4 Å². The van der Waals surface area contributed by atoms with E-state index in [1.54, 1.807) is 55.5 Å². The van der Waals surface area contributed by atoms with Crippen molar-refractivity contribution in [2.75, 3.05) is 32.9 Å². The lowest BCUT2D eigenvalue weighted by molar-refractivity contribution is -0.149. The smallest absolute Gasteiger partial charge is 0.415 e. The number of carbonyl (C=O) groups excluding carboxylic acids is 1. The van der Waals surface area contributed by atoms with Gasteiger partial charge in [0, 0.05) is 41.2 Å². The third-order valence-corrected chi connectivity index (χ3v) is 7.09. The molecule has 1 N–H and O–H groups in total. The minimum absolute atomic E-state index is 0.200. The molecule has 1 unspecified atom stereocenters. The Morgan fingerprint density at radius 3 is 2.21 bits per heavy atom. The second kappa shape index (κ2) is 18.2. The summed E-state index contributed by atoms with van der Waals surface area (Å²) in [6.45, 7) is 3.76. The van der Waals surface area contributed by atoms with E-state index in [1.165, 1.54) is 17.0 Å². The molecule has 0 radical (unpaired) electrons. The van der Waals surface area contributed by atoms with Crippen LogP contribution in [-0.2, 0) is 27.3 Å². The summed E-state index contributed by atoms with van der Waals surface area (Å²) in [6, 6.07) is 17.0. The number of rotatable bonds is 17. The van der Waals surface area contributed by atoms with Crippen LogP contribution in [0.4, 0.5) is 4.79 Å². The summed E-state index contributed by atoms with van der Waals surface area (Å²) in [4.78, 5) is 26.0. The van der Waals surface area contributed by atoms with E-state index in [0.29, 0.717) is 60.0 Å². The lowest BCUT2D eigenvalue weighted by Crippen LogP contribution is -2.37. The number of unbranched alkanes of at least 4 members (excludes halogenated alkanes) is 1. The predicted molar refractivity (Wildman–Crippen MR) is 168 cm³/mol. The van der Waals surface area contributed by atoms with Gasteiger partial charge in [-0.25, -0.2) is 9.59 Å². The number of ether oxygens (including phenoxy) is 4. The Hall–Kier alpha value is -2.72. The van der Waals surface area contributed by atoms with Crippen molar-refractivity contribution in [1.82, 2.24) is 4.90 Å². The van der Waals surface area contributed by atoms with Crippen molar-refractivity contribution in [2.24, 2.45) is 0 Å². The van der Waals surface area contributed by atoms with Crippen LogP contribution in [-0.4, -0.2) is 61.1 Å². The van der Waals surface area contributed by atoms with Gasteiger partial charge in [0.2, 0.25) is 0 Å². The fourth-order valence-electron chi connectivity index (χ4n) is 4.03. The van der Waals surface area contributed by atoms with Gasteiger partial charge in [0.05, 0.1) is 18.2 Å². The number of hydrogen-bond donors (Lipinski definition) is 1. The topological polar surface area (TPSA) is 94.5 Å². The lowest BCUT2D eigenvalue weighted by atomic mass is 10.1. The van der Waals surface area contributed by atoms with Crippen LogP contribution >= 0.6 is 46.4 Å². The number of nitrogens with zero attached hydrogens (tertiary/aromatic N) is 1. The molecule has 0 fully saturated rings. The summed E-state index contributed by atoms with van der Waals surface area (Å²) < 4.78 is 22.4. The maximum Gasteiger partial charge on any atom is 0.415 e. The summed E-state index contributed by atoms with van der Waals surface area (Å²) in [5.74, 6) is -0.227. The number of carbonyl (C=O) groups is 2. The van der Waals surface area contributed by atoms with Crippen molar-refractivity contribution < 1.29 is 33.6 Å². The summed E-state index contributed by atoms with van der Waals surface area (Å²) in [7, 11) is 0. The van der Waals surface area contributed by atoms with Gasteiger partial charge in [-0.15, -0.1) is 0 Å². The predicted octanol–water partition coefficient (Wildman–Crippen LogP) is 8.21. The SMILES string of the molecule is CCOC(Cc1ccc(OCCN(CCCCOCc2cc(Cl)cc(Cl)c2)C(=O)Oc2ccc(Cl)cc2Cl)cc1)C(=O)O. The molecule has 0 saturated carbocycles. The molecule has 0 saturated heterocycles. The number of aliphatic carboxylic acids is 1. The van der Waals surface area contributed by atoms with Crippen molar-refractivity contribution in [2.45, 2.75) is 38.9 Å². The molecular weight excluding hydrogens is 640 g/mol. The molecule has 0 aliphatic rings. The third-order valence-electron chi connectivity index (χ3n) is 6.12. The summed E-state index contributed by atoms with van der Waals surface area (Å²) in [5.41, 5.74) is 1.68. The Labute approximate surface area is 271 Å². The zero-order valence-electron chi connectivity index (χ0n) is 23.6. The van der Waals surface area contributed by atoms with E-state index in [2.05, 4.69) is 0 Å². The highest BCUT2D eigenvalue weighted by Crippen LogP contribution is 2.28. The van der Waals surface area contributed by atoms with Crippen LogP contribution < -0.4 is 9.47 Å². The molecule has 8 nitrogen and oxygen atoms in total. The second-order valence-corrected chi connectivity index (χ2v) is 11.2. The van der Waals surface area contributed by atoms with Crippen LogP contribution in [0.2, 0.25) is 20.1 Å². The zero-order chi connectivity index (χ0) is 31.2. The van der Waals surface area contributed by atoms with E-state index in [9.17, 15) is 14.7 Å². The number of amides is 1. The highest BCUT2D eigenvalue weighted by atomic mass is 35.5. The Morgan fingerprint density at radius 2 is 1.56 bits per heavy atom. The summed E-state index contributed by atoms with van der Waals surface area (Å²) >= 11 is 24.2. The van der Waals surface area contributed by atoms with Crippen LogP contribution in [0.15, 0.2) is 60.7 Å². The molecule has 232 valence electrons. The van der Waals surface area contributed by atoms with Crippen molar-refractivity contribution in [3.05, 3.63) is 91.9 Å². The van der Waals surface area contributed by atoms with E-state index in [0.717, 1.165) is 11.1 Å². The minimum atomic E-state index is -1.01. The summed E-state index contributed by atoms with van der Waals surface area (Å²) in [6.07, 6.45) is 0.104. The molecule has 1 amide bonds. The molecule has 0 aliphatic carbocycles. The van der Waals surface area contributed by atoms with E-state index in [1.807, 2.05) is 0 Å². The Bertz CT molecular complexity index is 1320. The molecule has 0 heterocycles. The molecule has 0 bridgehead atoms. The van der Waals surface area contributed by atoms with Gasteiger partial charge >= 0.3 is 12.1 Å². The average Bonchev–Trinajstić information content (AvgIpc) is 2.95. The fourth-order valence-corrected chi connectivity index (χ4v) is 5.05. The Balaban J connectivity index is 1.52. The molecule has 0 spiro atoms. The monoisotopic (exact) mass is 671 g/mol. The number of benzene rings is 3. The van der Waals surface area contributed by atoms with Gasteiger partial charge in [-0.2, -0.15) is 0 Å². The van der Waals surface area contributed by atoms with Crippen LogP contribution in [0.3, 0.4) is 0 Å². The quantitative estimate of drug-likeness (QED) is 0.144. The minimum Gasteiger partial charge on any atom is -0.492 e. The van der Waals surface area contributed by atoms with Crippen molar-refractivity contribution >= 4 is 58.5 Å². The standard InChI is InChI=1S/C31H33Cl4NO7/c1-2-41-29(30(37)38)17-21-5-8-26(9-6-21)42-14-12-36(31(39)43-28-10-7-23(32)19-27(28)35)11-3-4-13-40-20-22-15-24(33)18-25(34)16-22/h5-10,15-16,18-19,29H,2-4,11-14,17,20H2,1H3,(H,37,38). The highest BCUT2D eigenvalue weighted by molar-refractivity contribution is 6.35. The van der Waals surface area contributed by atoms with E-state index in [4.69, 9.17) is 65.4 Å². The summed E-state index contributed by atoms with van der Waals surface area (Å²) in [5, 5.41) is 11.1. The first-order valence-electron chi connectivity index (χ1n) is 13.6. The average molecular weight is 673 g/mol. The fraction of sp³-hybridized carbons (Fsp3) is 0.355. The van der Waals surface area contributed by atoms with Gasteiger partial charge in [-0.1, -0.05) is 58.5 Å². The molecule has 3 aromatic rings. The number of carboxylic acid groups (broad SMARTS) is 1. The van der Waals surface area contributed by atoms with Gasteiger partial charge < -0.3 is 29.0 Å². The molecule has 1 atom stereocenters. The van der Waals surface area contributed by atoms with Crippen LogP contribution in [0.1, 0.15) is 30.9 Å². The van der Waals surface area contributed by atoms with E-state index in [-0.39, 0.29) is 30.3 Å². The molecule has 3 rings (SSSR count). The molecular formula is C31H33Cl4NO7. The van der Waals surface area contributed by atoms with Crippen molar-refractivity contribution in [3.8, 4) is 11.5 Å². The van der Waals surface area contributed by atoms with Crippen LogP contribution in [0.5, 0.6) is 11.5 Å². The first kappa shape index (κ1) is 34.8. The van der Waals surface area contributed by atoms with E-state index < -0.39 is 18.2 Å². The van der Waals surface area contributed by atoms with Gasteiger partial charge in [0.25, 0.3) is 0 Å². The largest absolute Gasteiger partial charge is 0.492 e. The number of carboxylic acids is 1. The Morgan fingerprint density at radius 1 is 0.837 bits per heavy atom. The maximum atomic E-state index is 13.1. The molecule has 12 heteroatoms. The zero-order valence-corrected chi connectivity index (χ0v) is 26.6. The first-order chi connectivity index (χ1) is 20.6.